The van der Waals surface area contributed by atoms with E-state index in [2.05, 4.69) is 0 Å². The van der Waals surface area contributed by atoms with Crippen molar-refractivity contribution in [3.05, 3.63) is 9.81 Å². The normalized spacial score (nSPS) is 13.2. The summed E-state index contributed by atoms with van der Waals surface area (Å²) < 4.78 is 0. The van der Waals surface area contributed by atoms with Crippen molar-refractivity contribution in [3.63, 3.8) is 0 Å². The highest BCUT2D eigenvalue weighted by Gasteiger charge is 1.72. The predicted octanol–water partition coefficient (Wildman–Crippen LogP) is 2.11. The molecule has 0 aromatic rings. The van der Waals surface area contributed by atoms with E-state index in [0.717, 1.165) is 22.7 Å². The molecule has 0 rings (SSSR count). The van der Waals surface area contributed by atoms with Crippen LogP contribution in [0, 0.1) is 0 Å². The van der Waals surface area contributed by atoms with Crippen LogP contribution in [0.25, 0.3) is 0 Å². The van der Waals surface area contributed by atoms with Crippen molar-refractivity contribution in [2.75, 3.05) is 0 Å². The van der Waals surface area contributed by atoms with Crippen molar-refractivity contribution in [2.45, 2.75) is 26.7 Å². The molecule has 48 valence electrons. The largest absolute Gasteiger partial charge is 0.786 e. The lowest BCUT2D eigenvalue weighted by Gasteiger charge is -2.22. The first-order chi connectivity index (χ1) is 3.72. The van der Waals surface area contributed by atoms with Crippen LogP contribution in [0.1, 0.15) is 26.7 Å². The maximum atomic E-state index is 4.94. The second-order valence-electron chi connectivity index (χ2n) is 1.55. The Labute approximate surface area is 62.2 Å². The van der Waals surface area contributed by atoms with Gasteiger partial charge in [0.25, 0.3) is 0 Å². The van der Waals surface area contributed by atoms with Gasteiger partial charge in [0.2, 0.25) is 0 Å². The number of hydrogen-bond acceptors (Lipinski definition) is 2. The molecule has 0 fully saturated rings. The van der Waals surface area contributed by atoms with Gasteiger partial charge < -0.3 is 25.3 Å². The summed E-state index contributed by atoms with van der Waals surface area (Å²) in [5.41, 5.74) is 0. The molecule has 0 aromatic carbocycles. The zero-order valence-electron chi connectivity index (χ0n) is 5.23. The van der Waals surface area contributed by atoms with Gasteiger partial charge in [-0.2, -0.15) is 0 Å². The third-order valence-corrected chi connectivity index (χ3v) is 2.15. The molecule has 0 aromatic heterocycles. The topological polar surface area (TPSA) is 0 Å². The summed E-state index contributed by atoms with van der Waals surface area (Å²) >= 11 is 9.87. The molecular weight excluding hydrogens is 136 g/mol. The molecule has 0 aliphatic rings. The second-order valence-corrected chi connectivity index (χ2v) is 2.54. The molecule has 0 amide bonds. The van der Waals surface area contributed by atoms with Crippen LogP contribution in [0.5, 0.6) is 0 Å². The lowest BCUT2D eigenvalue weighted by atomic mass is 10.3. The van der Waals surface area contributed by atoms with Crippen molar-refractivity contribution >= 4 is 25.3 Å². The first kappa shape index (κ1) is 8.18. The molecule has 0 nitrogen and oxygen atoms in total. The first-order valence-corrected chi connectivity index (χ1v) is 3.60. The Morgan fingerprint density at radius 3 is 1.38 bits per heavy atom. The van der Waals surface area contributed by atoms with E-state index in [1.165, 1.54) is 0 Å². The first-order valence-electron chi connectivity index (χ1n) is 2.78. The second kappa shape index (κ2) is 4.10. The highest BCUT2D eigenvalue weighted by atomic mass is 32.1. The van der Waals surface area contributed by atoms with Crippen LogP contribution in [0.15, 0.2) is 9.81 Å². The Bertz CT molecular complexity index is 82.7. The maximum absolute atomic E-state index is 4.94. The van der Waals surface area contributed by atoms with E-state index in [1.54, 1.807) is 0 Å². The molecule has 2 heteroatoms. The Kier molecular flexibility index (Phi) is 4.19. The van der Waals surface area contributed by atoms with Crippen LogP contribution >= 0.6 is 0 Å². The predicted molar refractivity (Wildman–Crippen MR) is 42.3 cm³/mol. The van der Waals surface area contributed by atoms with Gasteiger partial charge in [-0.25, -0.2) is 9.81 Å². The van der Waals surface area contributed by atoms with E-state index in [0.29, 0.717) is 0 Å². The van der Waals surface area contributed by atoms with E-state index < -0.39 is 0 Å². The number of hydrogen-bond donors (Lipinski definition) is 0. The number of allylic oxidation sites excluding steroid dienone is 2. The van der Waals surface area contributed by atoms with Crippen LogP contribution in [0.3, 0.4) is 0 Å². The molecule has 0 N–H and O–H groups in total. The highest BCUT2D eigenvalue weighted by molar-refractivity contribution is 7.67. The van der Waals surface area contributed by atoms with Crippen molar-refractivity contribution < 1.29 is 0 Å². The SMILES string of the molecule is CC/C([S-])=C(/[S-])CC. The van der Waals surface area contributed by atoms with E-state index in [4.69, 9.17) is 25.3 Å². The van der Waals surface area contributed by atoms with Crippen molar-refractivity contribution in [1.29, 1.82) is 0 Å². The lowest BCUT2D eigenvalue weighted by Crippen LogP contribution is -1.80. The summed E-state index contributed by atoms with van der Waals surface area (Å²) in [6.07, 6.45) is 1.84. The minimum Gasteiger partial charge on any atom is -0.786 e. The third-order valence-electron chi connectivity index (χ3n) is 0.953. The van der Waals surface area contributed by atoms with E-state index in [1.807, 2.05) is 13.8 Å². The quantitative estimate of drug-likeness (QED) is 0.547. The molecule has 0 aliphatic carbocycles. The molecule has 0 aliphatic heterocycles. The summed E-state index contributed by atoms with van der Waals surface area (Å²) in [7, 11) is 0. The molecule has 0 spiro atoms. The van der Waals surface area contributed by atoms with Crippen molar-refractivity contribution in [3.8, 4) is 0 Å². The lowest BCUT2D eigenvalue weighted by molar-refractivity contribution is 1.12. The molecular formula is C6H10S2-2. The molecule has 0 saturated carbocycles. The molecule has 0 saturated heterocycles. The van der Waals surface area contributed by atoms with Gasteiger partial charge in [0.05, 0.1) is 0 Å². The minimum atomic E-state index is 0.919. The summed E-state index contributed by atoms with van der Waals surface area (Å²) in [5, 5.41) is 0. The van der Waals surface area contributed by atoms with E-state index >= 15 is 0 Å². The van der Waals surface area contributed by atoms with Gasteiger partial charge in [-0.05, 0) is 0 Å². The fraction of sp³-hybridized carbons (Fsp3) is 0.667. The number of rotatable bonds is 2. The maximum Gasteiger partial charge on any atom is -0.0573 e. The van der Waals surface area contributed by atoms with Crippen molar-refractivity contribution in [2.24, 2.45) is 0 Å². The molecule has 0 heterocycles. The zero-order valence-corrected chi connectivity index (χ0v) is 6.86. The van der Waals surface area contributed by atoms with Gasteiger partial charge in [-0.1, -0.05) is 26.7 Å². The molecule has 0 radical (unpaired) electrons. The van der Waals surface area contributed by atoms with Crippen LogP contribution in [0.4, 0.5) is 0 Å². The van der Waals surface area contributed by atoms with E-state index in [9.17, 15) is 0 Å². The smallest absolute Gasteiger partial charge is 0.0573 e. The van der Waals surface area contributed by atoms with Gasteiger partial charge in [-0.15, -0.1) is 0 Å². The highest BCUT2D eigenvalue weighted by Crippen LogP contribution is 2.07. The average molecular weight is 146 g/mol. The summed E-state index contributed by atoms with van der Waals surface area (Å²) in [6, 6.07) is 0. The molecule has 0 bridgehead atoms. The molecule has 0 unspecified atom stereocenters. The standard InChI is InChI=1S/C6H12S2/c1-3-5(7)6(8)4-2/h7-8H,3-4H2,1-2H3/p-2/b6-5-. The van der Waals surface area contributed by atoms with Crippen LogP contribution in [-0.2, 0) is 25.3 Å². The van der Waals surface area contributed by atoms with Crippen LogP contribution in [0.2, 0.25) is 0 Å². The fourth-order valence-corrected chi connectivity index (χ4v) is 0.683. The van der Waals surface area contributed by atoms with Crippen molar-refractivity contribution in [1.82, 2.24) is 0 Å². The summed E-state index contributed by atoms with van der Waals surface area (Å²) in [4.78, 5) is 1.89. The Morgan fingerprint density at radius 1 is 1.00 bits per heavy atom. The zero-order chi connectivity index (χ0) is 6.57. The van der Waals surface area contributed by atoms with Gasteiger partial charge in [0.15, 0.2) is 0 Å². The van der Waals surface area contributed by atoms with E-state index in [-0.39, 0.29) is 0 Å². The third kappa shape index (κ3) is 2.48. The fourth-order valence-electron chi connectivity index (χ4n) is 0.394. The van der Waals surface area contributed by atoms with Crippen LogP contribution in [-0.4, -0.2) is 0 Å². The Balaban J connectivity index is 3.83. The monoisotopic (exact) mass is 146 g/mol. The van der Waals surface area contributed by atoms with Gasteiger partial charge in [0, 0.05) is 0 Å². The average Bonchev–Trinajstić information content (AvgIpc) is 1.84. The summed E-state index contributed by atoms with van der Waals surface area (Å²) in [5.74, 6) is 0. The Hall–Kier alpha value is 0.180. The summed E-state index contributed by atoms with van der Waals surface area (Å²) in [6.45, 7) is 4.06. The Morgan fingerprint density at radius 2 is 1.25 bits per heavy atom. The minimum absolute atomic E-state index is 0.919. The van der Waals surface area contributed by atoms with Crippen LogP contribution < -0.4 is 0 Å². The van der Waals surface area contributed by atoms with Gasteiger partial charge >= 0.3 is 0 Å². The van der Waals surface area contributed by atoms with Gasteiger partial charge in [-0.3, -0.25) is 0 Å². The van der Waals surface area contributed by atoms with Gasteiger partial charge in [0.1, 0.15) is 0 Å². The molecule has 0 atom stereocenters. The molecule has 8 heavy (non-hydrogen) atoms.